The molecule has 126 valence electrons. The molecule has 2 aromatic rings. The van der Waals surface area contributed by atoms with Crippen molar-refractivity contribution in [3.8, 4) is 11.3 Å². The van der Waals surface area contributed by atoms with Gasteiger partial charge in [0.25, 0.3) is 5.91 Å². The van der Waals surface area contributed by atoms with Crippen molar-refractivity contribution in [1.29, 1.82) is 0 Å². The molecular weight excluding hydrogens is 300 g/mol. The molecule has 1 unspecified atom stereocenters. The third kappa shape index (κ3) is 3.72. The number of nitrogens with zero attached hydrogens (tertiary/aromatic N) is 3. The number of benzene rings is 1. The minimum atomic E-state index is -0.0416. The van der Waals surface area contributed by atoms with E-state index in [-0.39, 0.29) is 11.9 Å². The molecule has 1 aromatic carbocycles. The van der Waals surface area contributed by atoms with E-state index in [1.165, 1.54) is 12.8 Å². The van der Waals surface area contributed by atoms with Gasteiger partial charge in [0.15, 0.2) is 0 Å². The van der Waals surface area contributed by atoms with Gasteiger partial charge in [0, 0.05) is 36.3 Å². The van der Waals surface area contributed by atoms with E-state index in [0.717, 1.165) is 36.6 Å². The first-order valence-corrected chi connectivity index (χ1v) is 8.65. The Kier molecular flexibility index (Phi) is 5.08. The Labute approximate surface area is 143 Å². The standard InChI is InChI=1S/C19H24N4O/c1-3-14(2)22-19(24)16-8-6-7-15(11-16)17-12-18(21-13-20-17)23-9-4-5-10-23/h6-8,11-14H,3-5,9-10H2,1-2H3,(H,22,24). The molecule has 1 aromatic heterocycles. The topological polar surface area (TPSA) is 58.1 Å². The zero-order valence-electron chi connectivity index (χ0n) is 14.3. The van der Waals surface area contributed by atoms with Gasteiger partial charge in [0.2, 0.25) is 0 Å². The second-order valence-electron chi connectivity index (χ2n) is 6.32. The highest BCUT2D eigenvalue weighted by Crippen LogP contribution is 2.24. The Balaban J connectivity index is 1.83. The fraction of sp³-hybridized carbons (Fsp3) is 0.421. The Morgan fingerprint density at radius 2 is 2.04 bits per heavy atom. The van der Waals surface area contributed by atoms with Crippen molar-refractivity contribution in [2.45, 2.75) is 39.2 Å². The number of aromatic nitrogens is 2. The average molecular weight is 324 g/mol. The highest BCUT2D eigenvalue weighted by molar-refractivity contribution is 5.95. The first-order valence-electron chi connectivity index (χ1n) is 8.65. The van der Waals surface area contributed by atoms with E-state index < -0.39 is 0 Å². The fourth-order valence-electron chi connectivity index (χ4n) is 2.85. The maximum absolute atomic E-state index is 12.3. The summed E-state index contributed by atoms with van der Waals surface area (Å²) in [6, 6.07) is 9.80. The van der Waals surface area contributed by atoms with Crippen LogP contribution in [0.4, 0.5) is 5.82 Å². The summed E-state index contributed by atoms with van der Waals surface area (Å²) in [5.74, 6) is 0.923. The molecular formula is C19H24N4O. The molecule has 0 saturated carbocycles. The van der Waals surface area contributed by atoms with Crippen LogP contribution in [0.15, 0.2) is 36.7 Å². The maximum atomic E-state index is 12.3. The van der Waals surface area contributed by atoms with E-state index in [1.807, 2.05) is 37.3 Å². The van der Waals surface area contributed by atoms with Crippen LogP contribution in [0.25, 0.3) is 11.3 Å². The Morgan fingerprint density at radius 3 is 2.79 bits per heavy atom. The number of carbonyl (C=O) groups is 1. The molecule has 0 bridgehead atoms. The largest absolute Gasteiger partial charge is 0.357 e. The zero-order chi connectivity index (χ0) is 16.9. The van der Waals surface area contributed by atoms with E-state index >= 15 is 0 Å². The SMILES string of the molecule is CCC(C)NC(=O)c1cccc(-c2cc(N3CCCC3)ncn2)c1. The van der Waals surface area contributed by atoms with Crippen LogP contribution < -0.4 is 10.2 Å². The molecule has 1 aliphatic heterocycles. The molecule has 0 aliphatic carbocycles. The normalized spacial score (nSPS) is 15.3. The van der Waals surface area contributed by atoms with E-state index in [0.29, 0.717) is 5.56 Å². The molecule has 1 N–H and O–H groups in total. The van der Waals surface area contributed by atoms with Crippen LogP contribution >= 0.6 is 0 Å². The van der Waals surface area contributed by atoms with Crippen molar-refractivity contribution in [3.05, 3.63) is 42.2 Å². The van der Waals surface area contributed by atoms with Crippen LogP contribution in [-0.2, 0) is 0 Å². The third-order valence-electron chi connectivity index (χ3n) is 4.49. The van der Waals surface area contributed by atoms with Crippen LogP contribution in [0.5, 0.6) is 0 Å². The summed E-state index contributed by atoms with van der Waals surface area (Å²) in [5, 5.41) is 3.00. The lowest BCUT2D eigenvalue weighted by molar-refractivity contribution is 0.0939. The molecule has 1 fully saturated rings. The van der Waals surface area contributed by atoms with Gasteiger partial charge >= 0.3 is 0 Å². The summed E-state index contributed by atoms with van der Waals surface area (Å²) >= 11 is 0. The van der Waals surface area contributed by atoms with Crippen molar-refractivity contribution < 1.29 is 4.79 Å². The zero-order valence-corrected chi connectivity index (χ0v) is 14.3. The van der Waals surface area contributed by atoms with Crippen LogP contribution in [0, 0.1) is 0 Å². The van der Waals surface area contributed by atoms with Gasteiger partial charge < -0.3 is 10.2 Å². The van der Waals surface area contributed by atoms with Crippen molar-refractivity contribution in [1.82, 2.24) is 15.3 Å². The molecule has 3 rings (SSSR count). The maximum Gasteiger partial charge on any atom is 0.251 e. The second kappa shape index (κ2) is 7.43. The molecule has 5 nitrogen and oxygen atoms in total. The fourth-order valence-corrected chi connectivity index (χ4v) is 2.85. The van der Waals surface area contributed by atoms with Crippen molar-refractivity contribution >= 4 is 11.7 Å². The summed E-state index contributed by atoms with van der Waals surface area (Å²) in [4.78, 5) is 23.4. The van der Waals surface area contributed by atoms with E-state index in [1.54, 1.807) is 6.33 Å². The predicted molar refractivity (Wildman–Crippen MR) is 96.1 cm³/mol. The van der Waals surface area contributed by atoms with Crippen LogP contribution in [0.1, 0.15) is 43.5 Å². The minimum absolute atomic E-state index is 0.0416. The molecule has 24 heavy (non-hydrogen) atoms. The lowest BCUT2D eigenvalue weighted by atomic mass is 10.1. The average Bonchev–Trinajstić information content (AvgIpc) is 3.16. The minimum Gasteiger partial charge on any atom is -0.357 e. The molecule has 5 heteroatoms. The van der Waals surface area contributed by atoms with Gasteiger partial charge in [0.1, 0.15) is 12.1 Å². The van der Waals surface area contributed by atoms with Crippen LogP contribution in [0.2, 0.25) is 0 Å². The first kappa shape index (κ1) is 16.4. The van der Waals surface area contributed by atoms with E-state index in [4.69, 9.17) is 0 Å². The summed E-state index contributed by atoms with van der Waals surface area (Å²) in [6.45, 7) is 6.16. The summed E-state index contributed by atoms with van der Waals surface area (Å²) in [5.41, 5.74) is 2.45. The van der Waals surface area contributed by atoms with Gasteiger partial charge in [-0.2, -0.15) is 0 Å². The van der Waals surface area contributed by atoms with Crippen LogP contribution in [0.3, 0.4) is 0 Å². The van der Waals surface area contributed by atoms with E-state index in [2.05, 4.69) is 27.1 Å². The third-order valence-corrected chi connectivity index (χ3v) is 4.49. The van der Waals surface area contributed by atoms with Crippen molar-refractivity contribution in [2.24, 2.45) is 0 Å². The second-order valence-corrected chi connectivity index (χ2v) is 6.32. The first-order chi connectivity index (χ1) is 11.7. The van der Waals surface area contributed by atoms with Gasteiger partial charge in [-0.25, -0.2) is 9.97 Å². The Morgan fingerprint density at radius 1 is 1.25 bits per heavy atom. The van der Waals surface area contributed by atoms with Crippen molar-refractivity contribution in [3.63, 3.8) is 0 Å². The summed E-state index contributed by atoms with van der Waals surface area (Å²) in [7, 11) is 0. The number of carbonyl (C=O) groups excluding carboxylic acids is 1. The van der Waals surface area contributed by atoms with Gasteiger partial charge in [-0.15, -0.1) is 0 Å². The monoisotopic (exact) mass is 324 g/mol. The quantitative estimate of drug-likeness (QED) is 0.917. The lowest BCUT2D eigenvalue weighted by Gasteiger charge is -2.16. The van der Waals surface area contributed by atoms with Gasteiger partial charge in [-0.3, -0.25) is 4.79 Å². The predicted octanol–water partition coefficient (Wildman–Crippen LogP) is 3.27. The van der Waals surface area contributed by atoms with Crippen LogP contribution in [-0.4, -0.2) is 35.0 Å². The number of amides is 1. The highest BCUT2D eigenvalue weighted by atomic mass is 16.1. The van der Waals surface area contributed by atoms with Gasteiger partial charge in [-0.1, -0.05) is 19.1 Å². The number of anilines is 1. The van der Waals surface area contributed by atoms with Crippen molar-refractivity contribution in [2.75, 3.05) is 18.0 Å². The number of hydrogen-bond acceptors (Lipinski definition) is 4. The molecule has 2 heterocycles. The lowest BCUT2D eigenvalue weighted by Crippen LogP contribution is -2.31. The van der Waals surface area contributed by atoms with E-state index in [9.17, 15) is 4.79 Å². The smallest absolute Gasteiger partial charge is 0.251 e. The number of hydrogen-bond donors (Lipinski definition) is 1. The molecule has 0 spiro atoms. The Hall–Kier alpha value is -2.43. The molecule has 0 radical (unpaired) electrons. The number of rotatable bonds is 5. The summed E-state index contributed by atoms with van der Waals surface area (Å²) in [6.07, 6.45) is 4.95. The van der Waals surface area contributed by atoms with Gasteiger partial charge in [-0.05, 0) is 38.3 Å². The molecule has 1 atom stereocenters. The Bertz CT molecular complexity index is 710. The summed E-state index contributed by atoms with van der Waals surface area (Å²) < 4.78 is 0. The highest BCUT2D eigenvalue weighted by Gasteiger charge is 2.15. The molecule has 1 saturated heterocycles. The van der Waals surface area contributed by atoms with Gasteiger partial charge in [0.05, 0.1) is 5.69 Å². The molecule has 1 aliphatic rings. The number of nitrogens with one attached hydrogen (secondary N) is 1. The molecule has 1 amide bonds.